The Morgan fingerprint density at radius 2 is 2.50 bits per heavy atom. The average molecular weight is 298 g/mol. The number of urea groups is 1. The molecule has 0 radical (unpaired) electrons. The zero-order valence-corrected chi connectivity index (χ0v) is 12.0. The number of aliphatic carboxylic acids is 1. The van der Waals surface area contributed by atoms with Crippen LogP contribution in [-0.2, 0) is 4.79 Å². The molecule has 2 heterocycles. The maximum atomic E-state index is 12.3. The van der Waals surface area contributed by atoms with Gasteiger partial charge in [-0.15, -0.1) is 0 Å². The number of carbonyl (C=O) groups is 2. The summed E-state index contributed by atoms with van der Waals surface area (Å²) in [7, 11) is 0. The van der Waals surface area contributed by atoms with Crippen molar-refractivity contribution in [2.45, 2.75) is 25.4 Å². The number of carboxylic acid groups (broad SMARTS) is 1. The fraction of sp³-hybridized carbons (Fsp3) is 0.583. The van der Waals surface area contributed by atoms with Crippen LogP contribution in [-0.4, -0.2) is 56.3 Å². The number of aromatic nitrogens is 2. The second-order valence-corrected chi connectivity index (χ2v) is 5.87. The van der Waals surface area contributed by atoms with Crippen LogP contribution in [0.2, 0.25) is 0 Å². The van der Waals surface area contributed by atoms with E-state index in [1.165, 1.54) is 0 Å². The van der Waals surface area contributed by atoms with E-state index in [4.69, 9.17) is 5.11 Å². The van der Waals surface area contributed by atoms with Gasteiger partial charge in [-0.05, 0) is 6.92 Å². The van der Waals surface area contributed by atoms with Gasteiger partial charge in [-0.1, -0.05) is 0 Å². The lowest BCUT2D eigenvalue weighted by molar-refractivity contribution is -0.137. The van der Waals surface area contributed by atoms with E-state index >= 15 is 0 Å². The largest absolute Gasteiger partial charge is 0.481 e. The third kappa shape index (κ3) is 3.66. The molecule has 2 rings (SSSR count). The van der Waals surface area contributed by atoms with E-state index in [-0.39, 0.29) is 24.5 Å². The molecule has 1 saturated heterocycles. The summed E-state index contributed by atoms with van der Waals surface area (Å²) < 4.78 is 0. The molecule has 2 atom stereocenters. The zero-order chi connectivity index (χ0) is 14.5. The normalized spacial score (nSPS) is 20.4. The van der Waals surface area contributed by atoms with Crippen LogP contribution in [0, 0.1) is 0 Å². The van der Waals surface area contributed by atoms with Crippen molar-refractivity contribution >= 4 is 23.8 Å². The van der Waals surface area contributed by atoms with Crippen molar-refractivity contribution in [1.29, 1.82) is 0 Å². The highest BCUT2D eigenvalue weighted by Gasteiger charge is 2.29. The molecule has 2 amide bonds. The topological polar surface area (TPSA) is 98.3 Å². The summed E-state index contributed by atoms with van der Waals surface area (Å²) in [6.07, 6.45) is 3.37. The Hall–Kier alpha value is -1.70. The van der Waals surface area contributed by atoms with E-state index in [9.17, 15) is 9.59 Å². The van der Waals surface area contributed by atoms with Gasteiger partial charge < -0.3 is 15.3 Å². The fourth-order valence-corrected chi connectivity index (χ4v) is 3.20. The summed E-state index contributed by atoms with van der Waals surface area (Å²) in [5, 5.41) is 18.3. The Balaban J connectivity index is 1.97. The van der Waals surface area contributed by atoms with E-state index in [1.54, 1.807) is 29.1 Å². The van der Waals surface area contributed by atoms with Gasteiger partial charge in [0.05, 0.1) is 24.7 Å². The number of nitrogens with one attached hydrogen (secondary N) is 2. The number of rotatable bonds is 4. The summed E-state index contributed by atoms with van der Waals surface area (Å²) in [6.45, 7) is 2.44. The van der Waals surface area contributed by atoms with Gasteiger partial charge in [0.1, 0.15) is 0 Å². The monoisotopic (exact) mass is 298 g/mol. The van der Waals surface area contributed by atoms with E-state index in [1.807, 2.05) is 6.92 Å². The summed E-state index contributed by atoms with van der Waals surface area (Å²) in [5.41, 5.74) is 0.888. The molecule has 20 heavy (non-hydrogen) atoms. The molecule has 8 heteroatoms. The number of nitrogens with zero attached hydrogens (tertiary/aromatic N) is 2. The first-order valence-electron chi connectivity index (χ1n) is 6.43. The Morgan fingerprint density at radius 1 is 1.70 bits per heavy atom. The molecule has 1 fully saturated rings. The molecule has 110 valence electrons. The van der Waals surface area contributed by atoms with Crippen molar-refractivity contribution in [3.8, 4) is 0 Å². The van der Waals surface area contributed by atoms with Crippen LogP contribution in [0.4, 0.5) is 4.79 Å². The molecule has 0 aromatic carbocycles. The molecule has 1 aromatic heterocycles. The Labute approximate surface area is 121 Å². The molecule has 1 aromatic rings. The Morgan fingerprint density at radius 3 is 3.15 bits per heavy atom. The summed E-state index contributed by atoms with van der Waals surface area (Å²) in [6, 6.07) is -0.630. The van der Waals surface area contributed by atoms with Crippen LogP contribution in [0.25, 0.3) is 0 Å². The number of carboxylic acids is 1. The minimum Gasteiger partial charge on any atom is -0.481 e. The van der Waals surface area contributed by atoms with Crippen LogP contribution in [0.5, 0.6) is 0 Å². The number of hydrogen-bond donors (Lipinski definition) is 3. The number of carbonyl (C=O) groups excluding carboxylic acids is 1. The third-order valence-electron chi connectivity index (χ3n) is 3.26. The first kappa shape index (κ1) is 14.7. The lowest BCUT2D eigenvalue weighted by Gasteiger charge is -2.35. The maximum Gasteiger partial charge on any atom is 0.318 e. The van der Waals surface area contributed by atoms with Gasteiger partial charge in [-0.3, -0.25) is 9.89 Å². The maximum absolute atomic E-state index is 12.3. The smallest absolute Gasteiger partial charge is 0.318 e. The molecule has 1 aliphatic rings. The molecule has 3 N–H and O–H groups in total. The lowest BCUT2D eigenvalue weighted by Crippen LogP contribution is -2.51. The van der Waals surface area contributed by atoms with E-state index < -0.39 is 5.97 Å². The van der Waals surface area contributed by atoms with E-state index in [2.05, 4.69) is 15.5 Å². The quantitative estimate of drug-likeness (QED) is 0.772. The molecule has 0 aliphatic carbocycles. The van der Waals surface area contributed by atoms with Crippen molar-refractivity contribution < 1.29 is 14.7 Å². The first-order chi connectivity index (χ1) is 9.58. The third-order valence-corrected chi connectivity index (χ3v) is 4.35. The zero-order valence-electron chi connectivity index (χ0n) is 11.2. The van der Waals surface area contributed by atoms with Crippen molar-refractivity contribution in [1.82, 2.24) is 20.4 Å². The fourth-order valence-electron chi connectivity index (χ4n) is 2.14. The lowest BCUT2D eigenvalue weighted by atomic mass is 10.2. The van der Waals surface area contributed by atoms with Crippen molar-refractivity contribution in [3.05, 3.63) is 18.0 Å². The number of amides is 2. The number of thioether (sulfide) groups is 1. The second-order valence-electron chi connectivity index (χ2n) is 4.72. The minimum atomic E-state index is -0.877. The molecular formula is C12H18N4O3S. The molecule has 2 unspecified atom stereocenters. The summed E-state index contributed by atoms with van der Waals surface area (Å²) >= 11 is 1.68. The van der Waals surface area contributed by atoms with Crippen LogP contribution in [0.15, 0.2) is 12.4 Å². The molecule has 7 nitrogen and oxygen atoms in total. The highest BCUT2D eigenvalue weighted by Crippen LogP contribution is 2.20. The molecule has 1 aliphatic heterocycles. The van der Waals surface area contributed by atoms with Crippen LogP contribution >= 0.6 is 11.8 Å². The van der Waals surface area contributed by atoms with Crippen LogP contribution in [0.3, 0.4) is 0 Å². The van der Waals surface area contributed by atoms with E-state index in [0.29, 0.717) is 12.3 Å². The van der Waals surface area contributed by atoms with Crippen molar-refractivity contribution in [2.24, 2.45) is 0 Å². The van der Waals surface area contributed by atoms with Gasteiger partial charge in [0.15, 0.2) is 0 Å². The number of H-pyrrole nitrogens is 1. The standard InChI is InChI=1S/C12H18N4O3S/c1-8(9-5-13-14-6-9)15-12(19)16-2-3-20-7-10(16)4-11(17)18/h5-6,8,10H,2-4,7H2,1H3,(H,13,14)(H,15,19)(H,17,18). The van der Waals surface area contributed by atoms with Gasteiger partial charge in [0, 0.05) is 29.8 Å². The van der Waals surface area contributed by atoms with Crippen molar-refractivity contribution in [3.63, 3.8) is 0 Å². The highest BCUT2D eigenvalue weighted by atomic mass is 32.2. The van der Waals surface area contributed by atoms with E-state index in [0.717, 1.165) is 11.3 Å². The SMILES string of the molecule is CC(NC(=O)N1CCSCC1CC(=O)O)c1cn[nH]c1. The Bertz CT molecular complexity index is 465. The number of aromatic amines is 1. The molecule has 0 spiro atoms. The predicted molar refractivity (Wildman–Crippen MR) is 75.6 cm³/mol. The summed E-state index contributed by atoms with van der Waals surface area (Å²) in [4.78, 5) is 24.8. The van der Waals surface area contributed by atoms with Gasteiger partial charge in [0.25, 0.3) is 0 Å². The van der Waals surface area contributed by atoms with Crippen LogP contribution in [0.1, 0.15) is 24.9 Å². The van der Waals surface area contributed by atoms with Gasteiger partial charge in [-0.2, -0.15) is 16.9 Å². The second kappa shape index (κ2) is 6.65. The molecule has 0 saturated carbocycles. The first-order valence-corrected chi connectivity index (χ1v) is 7.58. The van der Waals surface area contributed by atoms with Crippen LogP contribution < -0.4 is 5.32 Å². The van der Waals surface area contributed by atoms with Gasteiger partial charge >= 0.3 is 12.0 Å². The van der Waals surface area contributed by atoms with Crippen molar-refractivity contribution in [2.75, 3.05) is 18.1 Å². The Kier molecular flexibility index (Phi) is 4.89. The average Bonchev–Trinajstić information content (AvgIpc) is 2.92. The van der Waals surface area contributed by atoms with Gasteiger partial charge in [-0.25, -0.2) is 4.79 Å². The predicted octanol–water partition coefficient (Wildman–Crippen LogP) is 1.07. The summed E-state index contributed by atoms with van der Waals surface area (Å²) in [5.74, 6) is 0.627. The number of hydrogen-bond acceptors (Lipinski definition) is 4. The molecular weight excluding hydrogens is 280 g/mol. The highest BCUT2D eigenvalue weighted by molar-refractivity contribution is 7.99. The minimum absolute atomic E-state index is 0.0134. The van der Waals surface area contributed by atoms with Gasteiger partial charge in [0.2, 0.25) is 0 Å². The molecule has 0 bridgehead atoms.